The average Bonchev–Trinajstić information content (AvgIpc) is 3.00. The van der Waals surface area contributed by atoms with Crippen molar-refractivity contribution in [1.29, 1.82) is 0 Å². The summed E-state index contributed by atoms with van der Waals surface area (Å²) < 4.78 is 0. The van der Waals surface area contributed by atoms with Gasteiger partial charge in [-0.1, -0.05) is 18.2 Å². The van der Waals surface area contributed by atoms with E-state index in [2.05, 4.69) is 25.1 Å². The topological polar surface area (TPSA) is 0 Å². The van der Waals surface area contributed by atoms with Gasteiger partial charge in [-0.15, -0.1) is 0 Å². The monoisotopic (exact) mass is 171 g/mol. The summed E-state index contributed by atoms with van der Waals surface area (Å²) in [5, 5.41) is 0. The number of hydrogen-bond acceptors (Lipinski definition) is 0. The molecule has 2 aliphatic carbocycles. The minimum atomic E-state index is 0.848. The molecule has 2 saturated carbocycles. The lowest BCUT2D eigenvalue weighted by atomic mass is 10.00. The maximum atomic E-state index is 4.15. The molecule has 0 unspecified atom stereocenters. The number of hydrogen-bond donors (Lipinski definition) is 0. The zero-order valence-corrected chi connectivity index (χ0v) is 7.92. The van der Waals surface area contributed by atoms with Gasteiger partial charge in [-0.05, 0) is 61.1 Å². The molecule has 0 bridgehead atoms. The van der Waals surface area contributed by atoms with Gasteiger partial charge in [0.15, 0.2) is 0 Å². The molecule has 2 aliphatic rings. The summed E-state index contributed by atoms with van der Waals surface area (Å²) in [5.74, 6) is 1.72. The third-order valence-electron chi connectivity index (χ3n) is 3.23. The number of rotatable bonds is 2. The molecule has 0 N–H and O–H groups in total. The van der Waals surface area contributed by atoms with Crippen LogP contribution in [0.1, 0.15) is 54.2 Å². The standard InChI is InChI=1S/C13H15/c1-9-8-12(10-2-3-10)6-7-13(9)11-4-5-11/h6-8,10-11H,1-5H2. The van der Waals surface area contributed by atoms with Crippen molar-refractivity contribution in [1.82, 2.24) is 0 Å². The predicted octanol–water partition coefficient (Wildman–Crippen LogP) is 3.62. The van der Waals surface area contributed by atoms with Gasteiger partial charge < -0.3 is 0 Å². The molecule has 1 radical (unpaired) electrons. The molecule has 0 aromatic heterocycles. The van der Waals surface area contributed by atoms with Gasteiger partial charge in [0.2, 0.25) is 0 Å². The van der Waals surface area contributed by atoms with Crippen molar-refractivity contribution in [2.45, 2.75) is 37.5 Å². The maximum absolute atomic E-state index is 4.15. The van der Waals surface area contributed by atoms with Crippen LogP contribution in [0.5, 0.6) is 0 Å². The summed E-state index contributed by atoms with van der Waals surface area (Å²) in [6.45, 7) is 4.15. The van der Waals surface area contributed by atoms with Gasteiger partial charge in [0, 0.05) is 0 Å². The van der Waals surface area contributed by atoms with Crippen LogP contribution in [0.25, 0.3) is 0 Å². The van der Waals surface area contributed by atoms with Crippen LogP contribution in [0.3, 0.4) is 0 Å². The van der Waals surface area contributed by atoms with Crippen LogP contribution in [0.4, 0.5) is 0 Å². The molecule has 1 aromatic rings. The Kier molecular flexibility index (Phi) is 1.52. The quantitative estimate of drug-likeness (QED) is 0.637. The Bertz CT molecular complexity index is 330. The fourth-order valence-electron chi connectivity index (χ4n) is 2.09. The van der Waals surface area contributed by atoms with E-state index in [0.717, 1.165) is 11.8 Å². The Balaban J connectivity index is 1.95. The summed E-state index contributed by atoms with van der Waals surface area (Å²) in [7, 11) is 0. The number of benzene rings is 1. The van der Waals surface area contributed by atoms with Crippen molar-refractivity contribution in [3.63, 3.8) is 0 Å². The summed E-state index contributed by atoms with van der Waals surface area (Å²) in [6.07, 6.45) is 5.54. The van der Waals surface area contributed by atoms with Crippen molar-refractivity contribution >= 4 is 0 Å². The Morgan fingerprint density at radius 3 is 2.23 bits per heavy atom. The lowest BCUT2D eigenvalue weighted by molar-refractivity contribution is 1.08. The minimum absolute atomic E-state index is 0.848. The highest BCUT2D eigenvalue weighted by molar-refractivity contribution is 5.40. The lowest BCUT2D eigenvalue weighted by Crippen LogP contribution is -1.88. The smallest absolute Gasteiger partial charge is 0.0159 e. The highest BCUT2D eigenvalue weighted by atomic mass is 14.3. The molecule has 0 heterocycles. The molecule has 0 spiro atoms. The molecular formula is C13H15. The van der Waals surface area contributed by atoms with E-state index >= 15 is 0 Å². The molecule has 1 aromatic carbocycles. The van der Waals surface area contributed by atoms with Gasteiger partial charge in [0.1, 0.15) is 0 Å². The van der Waals surface area contributed by atoms with Gasteiger partial charge >= 0.3 is 0 Å². The molecule has 67 valence electrons. The largest absolute Gasteiger partial charge is 0.0585 e. The molecule has 0 heteroatoms. The second-order valence-corrected chi connectivity index (χ2v) is 4.51. The Hall–Kier alpha value is -0.780. The van der Waals surface area contributed by atoms with Crippen LogP contribution < -0.4 is 0 Å². The van der Waals surface area contributed by atoms with E-state index in [1.807, 2.05) is 0 Å². The van der Waals surface area contributed by atoms with Gasteiger partial charge in [0.25, 0.3) is 0 Å². The van der Waals surface area contributed by atoms with Gasteiger partial charge in [-0.2, -0.15) is 0 Å². The molecule has 0 atom stereocenters. The molecule has 0 amide bonds. The van der Waals surface area contributed by atoms with E-state index in [9.17, 15) is 0 Å². The summed E-state index contributed by atoms with van der Waals surface area (Å²) in [4.78, 5) is 0. The van der Waals surface area contributed by atoms with Gasteiger partial charge in [0.05, 0.1) is 0 Å². The predicted molar refractivity (Wildman–Crippen MR) is 54.9 cm³/mol. The highest BCUT2D eigenvalue weighted by Gasteiger charge is 2.27. The van der Waals surface area contributed by atoms with Crippen molar-refractivity contribution < 1.29 is 0 Å². The fourth-order valence-corrected chi connectivity index (χ4v) is 2.09. The molecule has 13 heavy (non-hydrogen) atoms. The first kappa shape index (κ1) is 7.61. The van der Waals surface area contributed by atoms with Crippen molar-refractivity contribution in [2.24, 2.45) is 0 Å². The summed E-state index contributed by atoms with van der Waals surface area (Å²) >= 11 is 0. The third kappa shape index (κ3) is 1.39. The Morgan fingerprint density at radius 1 is 1.00 bits per heavy atom. The molecule has 3 rings (SSSR count). The first-order chi connectivity index (χ1) is 6.34. The van der Waals surface area contributed by atoms with Crippen LogP contribution >= 0.6 is 0 Å². The van der Waals surface area contributed by atoms with Crippen molar-refractivity contribution in [3.8, 4) is 0 Å². The minimum Gasteiger partial charge on any atom is -0.0585 e. The van der Waals surface area contributed by atoms with E-state index < -0.39 is 0 Å². The second-order valence-electron chi connectivity index (χ2n) is 4.51. The Morgan fingerprint density at radius 2 is 1.69 bits per heavy atom. The van der Waals surface area contributed by atoms with Gasteiger partial charge in [-0.3, -0.25) is 0 Å². The van der Waals surface area contributed by atoms with Crippen molar-refractivity contribution in [3.05, 3.63) is 41.8 Å². The lowest BCUT2D eigenvalue weighted by Gasteiger charge is -2.06. The van der Waals surface area contributed by atoms with E-state index in [0.29, 0.717) is 0 Å². The fraction of sp³-hybridized carbons (Fsp3) is 0.462. The van der Waals surface area contributed by atoms with E-state index in [1.165, 1.54) is 42.4 Å². The average molecular weight is 171 g/mol. The summed E-state index contributed by atoms with van der Waals surface area (Å²) in [6, 6.07) is 6.94. The van der Waals surface area contributed by atoms with Crippen molar-refractivity contribution in [2.75, 3.05) is 0 Å². The first-order valence-electron chi connectivity index (χ1n) is 5.30. The third-order valence-corrected chi connectivity index (χ3v) is 3.23. The van der Waals surface area contributed by atoms with Crippen LogP contribution in [0, 0.1) is 6.92 Å². The van der Waals surface area contributed by atoms with E-state index in [-0.39, 0.29) is 0 Å². The maximum Gasteiger partial charge on any atom is -0.0159 e. The molecule has 2 fully saturated rings. The molecule has 0 saturated heterocycles. The normalized spacial score (nSPS) is 21.9. The molecule has 0 aliphatic heterocycles. The van der Waals surface area contributed by atoms with Crippen LogP contribution in [0.2, 0.25) is 0 Å². The van der Waals surface area contributed by atoms with Gasteiger partial charge in [-0.25, -0.2) is 0 Å². The molecular weight excluding hydrogens is 156 g/mol. The zero-order chi connectivity index (χ0) is 8.84. The highest BCUT2D eigenvalue weighted by Crippen LogP contribution is 2.44. The molecule has 0 nitrogen and oxygen atoms in total. The second kappa shape index (κ2) is 2.60. The van der Waals surface area contributed by atoms with E-state index in [1.54, 1.807) is 0 Å². The first-order valence-corrected chi connectivity index (χ1v) is 5.30. The zero-order valence-electron chi connectivity index (χ0n) is 7.92. The summed E-state index contributed by atoms with van der Waals surface area (Å²) in [5.41, 5.74) is 4.31. The SMILES string of the molecule is [CH2]c1cc(C2CC2)ccc1C1CC1. The van der Waals surface area contributed by atoms with Crippen LogP contribution in [-0.4, -0.2) is 0 Å². The van der Waals surface area contributed by atoms with Crippen LogP contribution in [0.15, 0.2) is 18.2 Å². The van der Waals surface area contributed by atoms with E-state index in [4.69, 9.17) is 0 Å². The Labute approximate surface area is 80.0 Å². The van der Waals surface area contributed by atoms with Crippen LogP contribution in [-0.2, 0) is 0 Å².